The summed E-state index contributed by atoms with van der Waals surface area (Å²) < 4.78 is 5.31. The van der Waals surface area contributed by atoms with Gasteiger partial charge in [0.05, 0.1) is 13.0 Å². The maximum Gasteiger partial charge on any atom is 0.305 e. The van der Waals surface area contributed by atoms with E-state index in [1.807, 2.05) is 6.92 Å². The molecule has 1 amide bonds. The third-order valence-corrected chi connectivity index (χ3v) is 2.40. The van der Waals surface area contributed by atoms with E-state index < -0.39 is 5.97 Å². The molecule has 0 aliphatic carbocycles. The van der Waals surface area contributed by atoms with Crippen LogP contribution >= 0.6 is 0 Å². The van der Waals surface area contributed by atoms with Crippen LogP contribution in [0.3, 0.4) is 0 Å². The summed E-state index contributed by atoms with van der Waals surface area (Å²) in [6.07, 6.45) is -0.0621. The summed E-state index contributed by atoms with van der Waals surface area (Å²) in [5.74, 6) is -0.495. The Balaban J connectivity index is 2.70. The number of ether oxygens (including phenoxy) is 1. The van der Waals surface area contributed by atoms with Crippen molar-refractivity contribution in [3.63, 3.8) is 0 Å². The minimum absolute atomic E-state index is 0.0621. The molecule has 0 aliphatic heterocycles. The van der Waals surface area contributed by atoms with Crippen LogP contribution in [0.4, 0.5) is 0 Å². The Morgan fingerprint density at radius 3 is 2.72 bits per heavy atom. The van der Waals surface area contributed by atoms with Gasteiger partial charge in [-0.2, -0.15) is 0 Å². The van der Waals surface area contributed by atoms with Gasteiger partial charge in [0.25, 0.3) is 5.91 Å². The minimum atomic E-state index is -0.919. The topological polar surface area (TPSA) is 66.8 Å². The lowest BCUT2D eigenvalue weighted by Crippen LogP contribution is -2.29. The summed E-state index contributed by atoms with van der Waals surface area (Å²) in [5, 5.41) is 8.57. The van der Waals surface area contributed by atoms with Crippen LogP contribution in [0.25, 0.3) is 0 Å². The number of hydrogen-bond acceptors (Lipinski definition) is 3. The Morgan fingerprint density at radius 2 is 2.11 bits per heavy atom. The Bertz CT molecular complexity index is 431. The molecular weight excluding hydrogens is 234 g/mol. The molecule has 5 heteroatoms. The molecule has 0 atom stereocenters. The third-order valence-electron chi connectivity index (χ3n) is 2.40. The fraction of sp³-hybridized carbons (Fsp3) is 0.385. The molecular formula is C13H17NO4. The van der Waals surface area contributed by atoms with Gasteiger partial charge in [0.1, 0.15) is 5.75 Å². The van der Waals surface area contributed by atoms with Gasteiger partial charge < -0.3 is 14.7 Å². The number of rotatable bonds is 6. The van der Waals surface area contributed by atoms with Gasteiger partial charge in [0.2, 0.25) is 0 Å². The molecule has 98 valence electrons. The van der Waals surface area contributed by atoms with Crippen molar-refractivity contribution in [1.29, 1.82) is 0 Å². The number of carboxylic acid groups (broad SMARTS) is 1. The monoisotopic (exact) mass is 251 g/mol. The molecule has 0 saturated carbocycles. The van der Waals surface area contributed by atoms with Crippen molar-refractivity contribution in [2.24, 2.45) is 0 Å². The molecule has 0 radical (unpaired) electrons. The standard InChI is InChI=1S/C13H17NO4/c1-3-18-11-6-4-5-10(9-11)13(17)14(2)8-7-12(15)16/h4-6,9H,3,7-8H2,1-2H3,(H,15,16). The molecule has 1 N–H and O–H groups in total. The van der Waals surface area contributed by atoms with Gasteiger partial charge in [0, 0.05) is 19.2 Å². The van der Waals surface area contributed by atoms with Gasteiger partial charge in [-0.25, -0.2) is 0 Å². The second-order valence-corrected chi connectivity index (χ2v) is 3.83. The number of benzene rings is 1. The normalized spacial score (nSPS) is 9.89. The molecule has 0 unspecified atom stereocenters. The van der Waals surface area contributed by atoms with Crippen LogP contribution in [0, 0.1) is 0 Å². The van der Waals surface area contributed by atoms with Crippen molar-refractivity contribution in [3.05, 3.63) is 29.8 Å². The van der Waals surface area contributed by atoms with Gasteiger partial charge in [-0.15, -0.1) is 0 Å². The van der Waals surface area contributed by atoms with Crippen molar-refractivity contribution in [2.45, 2.75) is 13.3 Å². The molecule has 1 rings (SSSR count). The Labute approximate surface area is 106 Å². The molecule has 5 nitrogen and oxygen atoms in total. The highest BCUT2D eigenvalue weighted by atomic mass is 16.5. The van der Waals surface area contributed by atoms with Crippen LogP contribution in [0.1, 0.15) is 23.7 Å². The zero-order valence-electron chi connectivity index (χ0n) is 10.5. The number of hydrogen-bond donors (Lipinski definition) is 1. The predicted octanol–water partition coefficient (Wildman–Crippen LogP) is 1.63. The Hall–Kier alpha value is -2.04. The summed E-state index contributed by atoms with van der Waals surface area (Å²) in [5.41, 5.74) is 0.494. The van der Waals surface area contributed by atoms with E-state index in [0.29, 0.717) is 17.9 Å². The lowest BCUT2D eigenvalue weighted by Gasteiger charge is -2.16. The number of carbonyl (C=O) groups is 2. The van der Waals surface area contributed by atoms with Gasteiger partial charge in [-0.05, 0) is 25.1 Å². The molecule has 0 aromatic heterocycles. The number of carbonyl (C=O) groups excluding carboxylic acids is 1. The first kappa shape index (κ1) is 14.0. The number of amides is 1. The van der Waals surface area contributed by atoms with E-state index in [1.165, 1.54) is 4.90 Å². The second kappa shape index (κ2) is 6.64. The van der Waals surface area contributed by atoms with Crippen LogP contribution < -0.4 is 4.74 Å². The van der Waals surface area contributed by atoms with E-state index in [4.69, 9.17) is 9.84 Å². The van der Waals surface area contributed by atoms with Crippen molar-refractivity contribution in [2.75, 3.05) is 20.2 Å². The van der Waals surface area contributed by atoms with E-state index in [-0.39, 0.29) is 18.9 Å². The molecule has 0 fully saturated rings. The molecule has 0 saturated heterocycles. The van der Waals surface area contributed by atoms with E-state index in [9.17, 15) is 9.59 Å². The van der Waals surface area contributed by atoms with Crippen LogP contribution in [0.15, 0.2) is 24.3 Å². The molecule has 0 heterocycles. The highest BCUT2D eigenvalue weighted by Crippen LogP contribution is 2.14. The average molecular weight is 251 g/mol. The highest BCUT2D eigenvalue weighted by Gasteiger charge is 2.13. The van der Waals surface area contributed by atoms with Crippen LogP contribution in [-0.2, 0) is 4.79 Å². The van der Waals surface area contributed by atoms with Gasteiger partial charge >= 0.3 is 5.97 Å². The summed E-state index contributed by atoms with van der Waals surface area (Å²) in [6, 6.07) is 6.85. The summed E-state index contributed by atoms with van der Waals surface area (Å²) in [7, 11) is 1.58. The third kappa shape index (κ3) is 4.08. The van der Waals surface area contributed by atoms with Crippen molar-refractivity contribution >= 4 is 11.9 Å². The van der Waals surface area contributed by atoms with Crippen LogP contribution in [0.5, 0.6) is 5.75 Å². The predicted molar refractivity (Wildman–Crippen MR) is 66.8 cm³/mol. The molecule has 18 heavy (non-hydrogen) atoms. The van der Waals surface area contributed by atoms with E-state index in [2.05, 4.69) is 0 Å². The second-order valence-electron chi connectivity index (χ2n) is 3.83. The molecule has 0 bridgehead atoms. The fourth-order valence-electron chi connectivity index (χ4n) is 1.47. The molecule has 0 spiro atoms. The van der Waals surface area contributed by atoms with Crippen LogP contribution in [-0.4, -0.2) is 42.1 Å². The summed E-state index contributed by atoms with van der Waals surface area (Å²) in [6.45, 7) is 2.59. The quantitative estimate of drug-likeness (QED) is 0.834. The number of nitrogens with zero attached hydrogens (tertiary/aromatic N) is 1. The first-order valence-corrected chi connectivity index (χ1v) is 5.74. The highest BCUT2D eigenvalue weighted by molar-refractivity contribution is 5.94. The van der Waals surface area contributed by atoms with Gasteiger partial charge in [0.15, 0.2) is 0 Å². The van der Waals surface area contributed by atoms with E-state index in [0.717, 1.165) is 0 Å². The van der Waals surface area contributed by atoms with Crippen molar-refractivity contribution < 1.29 is 19.4 Å². The Kier molecular flexibility index (Phi) is 5.17. The minimum Gasteiger partial charge on any atom is -0.494 e. The zero-order valence-corrected chi connectivity index (χ0v) is 10.5. The smallest absolute Gasteiger partial charge is 0.305 e. The first-order chi connectivity index (χ1) is 8.54. The maximum atomic E-state index is 12.0. The number of carboxylic acids is 1. The van der Waals surface area contributed by atoms with E-state index >= 15 is 0 Å². The van der Waals surface area contributed by atoms with Gasteiger partial charge in [-0.1, -0.05) is 6.07 Å². The van der Waals surface area contributed by atoms with Gasteiger partial charge in [-0.3, -0.25) is 9.59 Å². The van der Waals surface area contributed by atoms with Crippen molar-refractivity contribution in [3.8, 4) is 5.75 Å². The largest absolute Gasteiger partial charge is 0.494 e. The maximum absolute atomic E-state index is 12.0. The SMILES string of the molecule is CCOc1cccc(C(=O)N(C)CCC(=O)O)c1. The number of aliphatic carboxylic acids is 1. The lowest BCUT2D eigenvalue weighted by molar-refractivity contribution is -0.137. The summed E-state index contributed by atoms with van der Waals surface area (Å²) in [4.78, 5) is 23.8. The molecule has 1 aromatic rings. The van der Waals surface area contributed by atoms with E-state index in [1.54, 1.807) is 31.3 Å². The fourth-order valence-corrected chi connectivity index (χ4v) is 1.47. The molecule has 1 aromatic carbocycles. The first-order valence-electron chi connectivity index (χ1n) is 5.74. The lowest BCUT2D eigenvalue weighted by atomic mass is 10.2. The Morgan fingerprint density at radius 1 is 1.39 bits per heavy atom. The molecule has 0 aliphatic rings. The van der Waals surface area contributed by atoms with Crippen molar-refractivity contribution in [1.82, 2.24) is 4.90 Å². The zero-order chi connectivity index (χ0) is 13.5. The summed E-state index contributed by atoms with van der Waals surface area (Å²) >= 11 is 0. The van der Waals surface area contributed by atoms with Crippen LogP contribution in [0.2, 0.25) is 0 Å². The average Bonchev–Trinajstić information content (AvgIpc) is 2.35.